The van der Waals surface area contributed by atoms with Gasteiger partial charge in [-0.15, -0.1) is 0 Å². The van der Waals surface area contributed by atoms with E-state index in [1.54, 1.807) is 17.0 Å². The second-order valence-corrected chi connectivity index (χ2v) is 9.36. The molecule has 0 aliphatic carbocycles. The van der Waals surface area contributed by atoms with Crippen LogP contribution in [-0.4, -0.2) is 68.2 Å². The summed E-state index contributed by atoms with van der Waals surface area (Å²) in [5, 5.41) is 2.63. The minimum Gasteiger partial charge on any atom is -0.452 e. The maximum absolute atomic E-state index is 12.8. The van der Waals surface area contributed by atoms with Crippen molar-refractivity contribution >= 4 is 33.5 Å². The number of carbonyl (C=O) groups is 3. The van der Waals surface area contributed by atoms with Gasteiger partial charge in [0.15, 0.2) is 6.61 Å². The Hall–Kier alpha value is -3.24. The lowest BCUT2D eigenvalue weighted by Crippen LogP contribution is -2.49. The maximum atomic E-state index is 12.8. The van der Waals surface area contributed by atoms with Crippen LogP contribution < -0.4 is 5.32 Å². The van der Waals surface area contributed by atoms with E-state index < -0.39 is 28.5 Å². The van der Waals surface area contributed by atoms with Crippen molar-refractivity contribution in [2.24, 2.45) is 0 Å². The fourth-order valence-corrected chi connectivity index (χ4v) is 4.63. The highest BCUT2D eigenvalue weighted by Crippen LogP contribution is 2.19. The van der Waals surface area contributed by atoms with Crippen LogP contribution in [0.15, 0.2) is 53.4 Å². The third kappa shape index (κ3) is 5.71. The van der Waals surface area contributed by atoms with Gasteiger partial charge in [0.1, 0.15) is 0 Å². The van der Waals surface area contributed by atoms with E-state index in [1.165, 1.54) is 35.5 Å². The summed E-state index contributed by atoms with van der Waals surface area (Å²) < 4.78 is 31.9. The van der Waals surface area contributed by atoms with Gasteiger partial charge in [-0.1, -0.05) is 17.7 Å². The molecule has 10 heteroatoms. The van der Waals surface area contributed by atoms with Gasteiger partial charge >= 0.3 is 5.97 Å². The zero-order valence-corrected chi connectivity index (χ0v) is 18.7. The summed E-state index contributed by atoms with van der Waals surface area (Å²) in [6, 6.07) is 12.5. The number of nitrogens with zero attached hydrogens (tertiary/aromatic N) is 2. The Morgan fingerprint density at radius 3 is 2.09 bits per heavy atom. The van der Waals surface area contributed by atoms with Gasteiger partial charge < -0.3 is 15.0 Å². The van der Waals surface area contributed by atoms with Gasteiger partial charge in [0.05, 0.1) is 10.5 Å². The van der Waals surface area contributed by atoms with Crippen molar-refractivity contribution in [1.82, 2.24) is 9.21 Å². The van der Waals surface area contributed by atoms with Crippen LogP contribution in [0.4, 0.5) is 5.69 Å². The molecule has 0 aromatic heterocycles. The number of aryl methyl sites for hydroxylation is 1. The quantitative estimate of drug-likeness (QED) is 0.657. The van der Waals surface area contributed by atoms with E-state index in [0.717, 1.165) is 5.56 Å². The average molecular weight is 460 g/mol. The molecule has 1 saturated heterocycles. The largest absolute Gasteiger partial charge is 0.452 e. The normalized spacial score (nSPS) is 14.6. The lowest BCUT2D eigenvalue weighted by atomic mass is 10.2. The molecule has 1 N–H and O–H groups in total. The first-order chi connectivity index (χ1) is 15.2. The van der Waals surface area contributed by atoms with E-state index in [9.17, 15) is 22.8 Å². The SMILES string of the molecule is CC(=O)N1CCN(S(=O)(=O)c2ccc(C(=O)OCC(=O)Nc3ccc(C)cc3)cc2)CC1. The summed E-state index contributed by atoms with van der Waals surface area (Å²) in [7, 11) is -3.74. The van der Waals surface area contributed by atoms with Gasteiger partial charge in [-0.25, -0.2) is 13.2 Å². The van der Waals surface area contributed by atoms with Gasteiger partial charge in [0.25, 0.3) is 5.91 Å². The molecule has 9 nitrogen and oxygen atoms in total. The summed E-state index contributed by atoms with van der Waals surface area (Å²) >= 11 is 0. The van der Waals surface area contributed by atoms with Gasteiger partial charge in [-0.3, -0.25) is 9.59 Å². The molecular weight excluding hydrogens is 434 g/mol. The number of carbonyl (C=O) groups excluding carboxylic acids is 3. The van der Waals surface area contributed by atoms with Crippen molar-refractivity contribution in [2.75, 3.05) is 38.1 Å². The van der Waals surface area contributed by atoms with E-state index in [4.69, 9.17) is 4.74 Å². The zero-order chi connectivity index (χ0) is 23.3. The molecule has 0 bridgehead atoms. The average Bonchev–Trinajstić information content (AvgIpc) is 2.79. The number of esters is 1. The standard InChI is InChI=1S/C22H25N3O6S/c1-16-3-7-19(8-4-16)23-21(27)15-31-22(28)18-5-9-20(10-6-18)32(29,30)25-13-11-24(12-14-25)17(2)26/h3-10H,11-15H2,1-2H3,(H,23,27). The third-order valence-electron chi connectivity index (χ3n) is 5.08. The second-order valence-electron chi connectivity index (χ2n) is 7.42. The fraction of sp³-hybridized carbons (Fsp3) is 0.318. The Bertz CT molecular complexity index is 1090. The van der Waals surface area contributed by atoms with Gasteiger partial charge in [0, 0.05) is 38.8 Å². The number of hydrogen-bond acceptors (Lipinski definition) is 6. The van der Waals surface area contributed by atoms with Gasteiger partial charge in [-0.2, -0.15) is 4.31 Å². The zero-order valence-electron chi connectivity index (χ0n) is 17.9. The van der Waals surface area contributed by atoms with Gasteiger partial charge in [-0.05, 0) is 43.3 Å². The first-order valence-electron chi connectivity index (χ1n) is 10.1. The molecule has 0 radical (unpaired) electrons. The highest BCUT2D eigenvalue weighted by molar-refractivity contribution is 7.89. The number of ether oxygens (including phenoxy) is 1. The van der Waals surface area contributed by atoms with Crippen molar-refractivity contribution in [3.05, 3.63) is 59.7 Å². The number of rotatable bonds is 6. The highest BCUT2D eigenvalue weighted by atomic mass is 32.2. The molecule has 2 aromatic rings. The number of hydrogen-bond donors (Lipinski definition) is 1. The van der Waals surface area contributed by atoms with Gasteiger partial charge in [0.2, 0.25) is 15.9 Å². The molecule has 2 aromatic carbocycles. The number of piperazine rings is 1. The van der Waals surface area contributed by atoms with Crippen molar-refractivity contribution in [3.63, 3.8) is 0 Å². The monoisotopic (exact) mass is 459 g/mol. The maximum Gasteiger partial charge on any atom is 0.338 e. The minimum absolute atomic E-state index is 0.0439. The molecule has 0 unspecified atom stereocenters. The van der Waals surface area contributed by atoms with Crippen LogP contribution in [0.5, 0.6) is 0 Å². The smallest absolute Gasteiger partial charge is 0.338 e. The first-order valence-corrected chi connectivity index (χ1v) is 11.5. The van der Waals surface area contributed by atoms with Crippen LogP contribution in [0, 0.1) is 6.92 Å². The van der Waals surface area contributed by atoms with Crippen LogP contribution in [0.25, 0.3) is 0 Å². The Balaban J connectivity index is 1.55. The minimum atomic E-state index is -3.74. The Morgan fingerprint density at radius 1 is 0.938 bits per heavy atom. The summed E-state index contributed by atoms with van der Waals surface area (Å²) in [5.41, 5.74) is 1.78. The first kappa shape index (κ1) is 23.4. The predicted molar refractivity (Wildman–Crippen MR) is 118 cm³/mol. The molecule has 0 spiro atoms. The van der Waals surface area contributed by atoms with E-state index in [1.807, 2.05) is 19.1 Å². The number of benzene rings is 2. The van der Waals surface area contributed by atoms with Crippen LogP contribution in [0.1, 0.15) is 22.8 Å². The van der Waals surface area contributed by atoms with E-state index in [-0.39, 0.29) is 29.5 Å². The summed E-state index contributed by atoms with van der Waals surface area (Å²) in [5.74, 6) is -1.30. The molecule has 2 amide bonds. The second kappa shape index (κ2) is 9.92. The van der Waals surface area contributed by atoms with Crippen LogP contribution >= 0.6 is 0 Å². The molecule has 0 atom stereocenters. The molecule has 170 valence electrons. The van der Waals surface area contributed by atoms with E-state index >= 15 is 0 Å². The van der Waals surface area contributed by atoms with Crippen LogP contribution in [0.2, 0.25) is 0 Å². The van der Waals surface area contributed by atoms with Crippen LogP contribution in [-0.2, 0) is 24.3 Å². The lowest BCUT2D eigenvalue weighted by Gasteiger charge is -2.33. The molecule has 0 saturated carbocycles. The molecule has 1 fully saturated rings. The predicted octanol–water partition coefficient (Wildman–Crippen LogP) is 1.64. The van der Waals surface area contributed by atoms with Crippen molar-refractivity contribution in [3.8, 4) is 0 Å². The topological polar surface area (TPSA) is 113 Å². The number of amides is 2. The fourth-order valence-electron chi connectivity index (χ4n) is 3.20. The number of sulfonamides is 1. The highest BCUT2D eigenvalue weighted by Gasteiger charge is 2.29. The van der Waals surface area contributed by atoms with Crippen molar-refractivity contribution in [2.45, 2.75) is 18.7 Å². The number of anilines is 1. The van der Waals surface area contributed by atoms with Crippen molar-refractivity contribution < 1.29 is 27.5 Å². The lowest BCUT2D eigenvalue weighted by molar-refractivity contribution is -0.130. The molecule has 1 heterocycles. The Kier molecular flexibility index (Phi) is 7.26. The third-order valence-corrected chi connectivity index (χ3v) is 6.99. The van der Waals surface area contributed by atoms with Crippen molar-refractivity contribution in [1.29, 1.82) is 0 Å². The summed E-state index contributed by atoms with van der Waals surface area (Å²) in [4.78, 5) is 37.2. The molecule has 1 aliphatic heterocycles. The molecular formula is C22H25N3O6S. The molecule has 32 heavy (non-hydrogen) atoms. The molecule has 1 aliphatic rings. The Morgan fingerprint density at radius 2 is 1.53 bits per heavy atom. The summed E-state index contributed by atoms with van der Waals surface area (Å²) in [6.07, 6.45) is 0. The number of nitrogens with one attached hydrogen (secondary N) is 1. The van der Waals surface area contributed by atoms with Crippen LogP contribution in [0.3, 0.4) is 0 Å². The van der Waals surface area contributed by atoms with E-state index in [0.29, 0.717) is 18.8 Å². The summed E-state index contributed by atoms with van der Waals surface area (Å²) in [6.45, 7) is 4.01. The Labute approximate surface area is 187 Å². The van der Waals surface area contributed by atoms with E-state index in [2.05, 4.69) is 5.32 Å². The molecule has 3 rings (SSSR count).